The lowest BCUT2D eigenvalue weighted by molar-refractivity contribution is -0.140. The van der Waals surface area contributed by atoms with E-state index in [1.54, 1.807) is 0 Å². The summed E-state index contributed by atoms with van der Waals surface area (Å²) in [7, 11) is 0. The number of amides is 6. The van der Waals surface area contributed by atoms with E-state index in [0.29, 0.717) is 50.4 Å². The van der Waals surface area contributed by atoms with Crippen molar-refractivity contribution in [2.75, 3.05) is 26.2 Å². The van der Waals surface area contributed by atoms with Crippen molar-refractivity contribution in [3.8, 4) is 0 Å². The van der Waals surface area contributed by atoms with Crippen molar-refractivity contribution < 1.29 is 38.8 Å². The molecule has 41 heavy (non-hydrogen) atoms. The van der Waals surface area contributed by atoms with Crippen LogP contribution in [0.5, 0.6) is 0 Å². The van der Waals surface area contributed by atoms with E-state index in [2.05, 4.69) is 10.6 Å². The van der Waals surface area contributed by atoms with Crippen LogP contribution in [0.3, 0.4) is 0 Å². The van der Waals surface area contributed by atoms with E-state index in [1.807, 2.05) is 30.3 Å². The zero-order chi connectivity index (χ0) is 29.7. The Bertz CT molecular complexity index is 1180. The molecule has 14 nitrogen and oxygen atoms in total. The minimum absolute atomic E-state index is 0.00495. The molecule has 14 heteroatoms. The fraction of sp³-hybridized carbons (Fsp3) is 0.556. The second-order valence-electron chi connectivity index (χ2n) is 10.6. The number of piperidine rings is 2. The number of nitrogens with one attached hydrogen (secondary N) is 2. The summed E-state index contributed by atoms with van der Waals surface area (Å²) in [5, 5.41) is 16.6. The molecule has 5 rings (SSSR count). The van der Waals surface area contributed by atoms with Crippen LogP contribution in [0, 0.1) is 0 Å². The van der Waals surface area contributed by atoms with Gasteiger partial charge in [-0.15, -0.1) is 0 Å². The SMILES string of the molecule is CC(=O)CNC(=O)[C@@H]1CC[C@@H]2CN1C(=O)N2O.CC(=O)CNC(=O)[C@@H]1CC[C@@H]2CN1C(=O)N2OCc1ccccc1. The lowest BCUT2D eigenvalue weighted by atomic mass is 10.0. The number of rotatable bonds is 9. The molecule has 4 aliphatic heterocycles. The number of hydrogen-bond donors (Lipinski definition) is 3. The Morgan fingerprint density at radius 2 is 1.32 bits per heavy atom. The predicted molar refractivity (Wildman–Crippen MR) is 142 cm³/mol. The molecule has 0 radical (unpaired) electrons. The molecule has 0 aromatic heterocycles. The fourth-order valence-corrected chi connectivity index (χ4v) is 5.37. The highest BCUT2D eigenvalue weighted by molar-refractivity contribution is 5.92. The fourth-order valence-electron chi connectivity index (χ4n) is 5.37. The summed E-state index contributed by atoms with van der Waals surface area (Å²) in [6.07, 6.45) is 2.38. The number of carbonyl (C=O) groups excluding carboxylic acids is 6. The first-order chi connectivity index (χ1) is 19.6. The van der Waals surface area contributed by atoms with Crippen LogP contribution in [0.25, 0.3) is 0 Å². The second-order valence-corrected chi connectivity index (χ2v) is 10.6. The third kappa shape index (κ3) is 7.00. The molecule has 4 bridgehead atoms. The Labute approximate surface area is 237 Å². The molecule has 0 aliphatic carbocycles. The smallest absolute Gasteiger partial charge is 0.345 e. The molecule has 4 saturated heterocycles. The Hall–Kier alpha value is -4.04. The van der Waals surface area contributed by atoms with Gasteiger partial charge in [-0.2, -0.15) is 5.06 Å². The van der Waals surface area contributed by atoms with Crippen molar-refractivity contribution in [2.24, 2.45) is 0 Å². The number of carbonyl (C=O) groups is 6. The number of urea groups is 2. The van der Waals surface area contributed by atoms with E-state index >= 15 is 0 Å². The normalized spacial score (nSPS) is 24.6. The lowest BCUT2D eigenvalue weighted by Crippen LogP contribution is -2.50. The number of ketones is 2. The topological polar surface area (TPSA) is 169 Å². The van der Waals surface area contributed by atoms with E-state index in [9.17, 15) is 34.0 Å². The summed E-state index contributed by atoms with van der Waals surface area (Å²) < 4.78 is 0. The second kappa shape index (κ2) is 13.1. The largest absolute Gasteiger partial charge is 0.347 e. The molecule has 4 heterocycles. The molecule has 0 spiro atoms. The van der Waals surface area contributed by atoms with Crippen molar-refractivity contribution in [2.45, 2.75) is 70.3 Å². The summed E-state index contributed by atoms with van der Waals surface area (Å²) in [4.78, 5) is 78.5. The monoisotopic (exact) mass is 572 g/mol. The van der Waals surface area contributed by atoms with Crippen LogP contribution in [0.2, 0.25) is 0 Å². The summed E-state index contributed by atoms with van der Waals surface area (Å²) in [5.74, 6) is -0.856. The molecule has 1 aromatic rings. The van der Waals surface area contributed by atoms with E-state index in [0.717, 1.165) is 5.56 Å². The van der Waals surface area contributed by atoms with Crippen molar-refractivity contribution in [3.05, 3.63) is 35.9 Å². The standard InChI is InChI=1S/C17H21N3O4.C10H15N3O4/c1-12(21)9-18-16(22)15-8-7-14-10-19(15)17(23)20(14)24-11-13-5-3-2-4-6-13;1-6(14)4-11-9(15)8-3-2-7-5-12(8)10(16)13(7)17/h2-6,14-15H,7-11H2,1H3,(H,18,22);7-8,17H,2-5H2,1H3,(H,11,15)/t14-,15+;7-,8+/m11/s1. The molecule has 1 aromatic carbocycles. The number of hydroxylamine groups is 4. The zero-order valence-electron chi connectivity index (χ0n) is 23.2. The number of fused-ring (bicyclic) bond motifs is 4. The molecular weight excluding hydrogens is 536 g/mol. The molecule has 4 atom stereocenters. The van der Waals surface area contributed by atoms with Crippen LogP contribution in [0.15, 0.2) is 30.3 Å². The molecule has 222 valence electrons. The Balaban J connectivity index is 0.000000201. The summed E-state index contributed by atoms with van der Waals surface area (Å²) >= 11 is 0. The van der Waals surface area contributed by atoms with Gasteiger partial charge in [-0.25, -0.2) is 14.7 Å². The Morgan fingerprint density at radius 1 is 0.805 bits per heavy atom. The van der Waals surface area contributed by atoms with Gasteiger partial charge in [0.05, 0.1) is 25.2 Å². The van der Waals surface area contributed by atoms with Crippen LogP contribution >= 0.6 is 0 Å². The van der Waals surface area contributed by atoms with Crippen LogP contribution in [-0.4, -0.2) is 111 Å². The Kier molecular flexibility index (Phi) is 9.55. The van der Waals surface area contributed by atoms with Gasteiger partial charge in [0.1, 0.15) is 30.3 Å². The number of hydrogen-bond acceptors (Lipinski definition) is 8. The minimum Gasteiger partial charge on any atom is -0.347 e. The molecule has 4 fully saturated rings. The third-order valence-electron chi connectivity index (χ3n) is 7.51. The minimum atomic E-state index is -0.574. The van der Waals surface area contributed by atoms with Crippen molar-refractivity contribution in [3.63, 3.8) is 0 Å². The van der Waals surface area contributed by atoms with Crippen molar-refractivity contribution in [1.29, 1.82) is 0 Å². The first-order valence-corrected chi connectivity index (χ1v) is 13.7. The number of nitrogens with zero attached hydrogens (tertiary/aromatic N) is 4. The first kappa shape index (κ1) is 29.9. The van der Waals surface area contributed by atoms with E-state index in [4.69, 9.17) is 4.84 Å². The van der Waals surface area contributed by atoms with Crippen molar-refractivity contribution >= 4 is 35.4 Å². The van der Waals surface area contributed by atoms with E-state index in [-0.39, 0.29) is 54.6 Å². The molecule has 3 N–H and O–H groups in total. The lowest BCUT2D eigenvalue weighted by Gasteiger charge is -2.29. The quantitative estimate of drug-likeness (QED) is 0.358. The molecule has 4 aliphatic rings. The average Bonchev–Trinajstić information content (AvgIpc) is 3.33. The maximum absolute atomic E-state index is 12.5. The average molecular weight is 573 g/mol. The van der Waals surface area contributed by atoms with Gasteiger partial charge in [0.25, 0.3) is 0 Å². The molecule has 0 unspecified atom stereocenters. The van der Waals surface area contributed by atoms with Gasteiger partial charge in [-0.1, -0.05) is 30.3 Å². The van der Waals surface area contributed by atoms with Crippen LogP contribution in [0.1, 0.15) is 45.1 Å². The van der Waals surface area contributed by atoms with Gasteiger partial charge in [0, 0.05) is 13.1 Å². The van der Waals surface area contributed by atoms with Gasteiger partial charge >= 0.3 is 12.1 Å². The highest BCUT2D eigenvalue weighted by Crippen LogP contribution is 2.31. The predicted octanol–water partition coefficient (Wildman–Crippen LogP) is 0.441. The summed E-state index contributed by atoms with van der Waals surface area (Å²) in [6.45, 7) is 3.93. The van der Waals surface area contributed by atoms with E-state index < -0.39 is 18.1 Å². The highest BCUT2D eigenvalue weighted by atomic mass is 16.7. The highest BCUT2D eigenvalue weighted by Gasteiger charge is 2.48. The maximum Gasteiger partial charge on any atom is 0.345 e. The maximum atomic E-state index is 12.5. The number of Topliss-reactive ketones (excluding diaryl/α,β-unsaturated/α-hetero) is 2. The first-order valence-electron chi connectivity index (χ1n) is 13.7. The third-order valence-corrected chi connectivity index (χ3v) is 7.51. The van der Waals surface area contributed by atoms with Gasteiger partial charge < -0.3 is 20.4 Å². The van der Waals surface area contributed by atoms with Crippen LogP contribution in [0.4, 0.5) is 9.59 Å². The molecular formula is C27H36N6O8. The summed E-state index contributed by atoms with van der Waals surface area (Å²) in [6, 6.07) is 7.48. The molecule has 0 saturated carbocycles. The number of benzene rings is 1. The molecule has 6 amide bonds. The van der Waals surface area contributed by atoms with E-state index in [1.165, 1.54) is 28.7 Å². The zero-order valence-corrected chi connectivity index (χ0v) is 23.2. The summed E-state index contributed by atoms with van der Waals surface area (Å²) in [5.41, 5.74) is 0.984. The van der Waals surface area contributed by atoms with Gasteiger partial charge in [-0.3, -0.25) is 29.2 Å². The van der Waals surface area contributed by atoms with Crippen LogP contribution in [-0.2, 0) is 30.6 Å². The van der Waals surface area contributed by atoms with Gasteiger partial charge in [0.2, 0.25) is 11.8 Å². The Morgan fingerprint density at radius 3 is 1.88 bits per heavy atom. The van der Waals surface area contributed by atoms with Gasteiger partial charge in [0.15, 0.2) is 0 Å². The van der Waals surface area contributed by atoms with Gasteiger partial charge in [-0.05, 0) is 45.1 Å². The van der Waals surface area contributed by atoms with Crippen LogP contribution < -0.4 is 10.6 Å². The van der Waals surface area contributed by atoms with Crippen molar-refractivity contribution in [1.82, 2.24) is 30.6 Å².